The van der Waals surface area contributed by atoms with E-state index in [1.54, 1.807) is 54.6 Å². The van der Waals surface area contributed by atoms with E-state index in [1.165, 1.54) is 64.4 Å². The molecular formula is C61H47F3IrN3O. The van der Waals surface area contributed by atoms with Crippen LogP contribution in [0.5, 0.6) is 0 Å². The van der Waals surface area contributed by atoms with Crippen molar-refractivity contribution < 1.29 is 56.9 Å². The molecule has 10 rings (SSSR count). The summed E-state index contributed by atoms with van der Waals surface area (Å²) >= 11 is 0. The van der Waals surface area contributed by atoms with E-state index >= 15 is 13.2 Å². The Morgan fingerprint density at radius 2 is 1.12 bits per heavy atom. The van der Waals surface area contributed by atoms with Crippen LogP contribution in [0.3, 0.4) is 0 Å². The van der Waals surface area contributed by atoms with Crippen molar-refractivity contribution in [2.75, 3.05) is 0 Å². The van der Waals surface area contributed by atoms with Crippen molar-refractivity contribution in [3.8, 4) is 44.9 Å². The summed E-state index contributed by atoms with van der Waals surface area (Å²) < 4.78 is 183. The van der Waals surface area contributed by atoms with Crippen molar-refractivity contribution >= 4 is 21.9 Å². The van der Waals surface area contributed by atoms with Crippen LogP contribution in [-0.4, -0.2) is 15.0 Å². The molecule has 0 atom stereocenters. The molecule has 0 spiro atoms. The third-order valence-corrected chi connectivity index (χ3v) is 11.5. The largest absolute Gasteiger partial charge is 3.00 e. The van der Waals surface area contributed by atoms with Crippen LogP contribution >= 0.6 is 0 Å². The summed E-state index contributed by atoms with van der Waals surface area (Å²) in [6, 6.07) is 30.6. The van der Waals surface area contributed by atoms with E-state index < -0.39 is 107 Å². The van der Waals surface area contributed by atoms with Crippen molar-refractivity contribution in [3.05, 3.63) is 233 Å². The molecule has 0 radical (unpaired) electrons. The standard InChI is InChI=1S/C61H47F3N3O.Ir/c1-60(2,49-37-66-55(32-52(49)63)43-15-8-5-9-16-43)34-41-29-40(30-42(31-41)35-61(3,4)50-38-67-56(33-53(50)64)44-17-10-6-11-18-44)24-23-39-25-28-54(65-36-39)48-22-14-21-46-47-26-27-51(62)57(59(47)68-58(46)48)45-19-12-7-13-20-45;/h5-15,17,19-21,25-33,36-38H,23-24,34-35H2,1-4H3;/q-3;+3/i7D,12D,13D,19D,20D,23D2,24D2,27D,34D2,35D2;. The Hall–Kier alpha value is -6.99. The second kappa shape index (κ2) is 19.5. The smallest absolute Gasteiger partial charge is 0.500 e. The summed E-state index contributed by atoms with van der Waals surface area (Å²) in [7, 11) is 0. The van der Waals surface area contributed by atoms with E-state index in [0.29, 0.717) is 16.5 Å². The first-order chi connectivity index (χ1) is 38.4. The zero-order valence-corrected chi connectivity index (χ0v) is 39.7. The van der Waals surface area contributed by atoms with Gasteiger partial charge in [0.15, 0.2) is 0 Å². The van der Waals surface area contributed by atoms with Gasteiger partial charge in [-0.15, -0.1) is 90.0 Å². The molecule has 0 aliphatic rings. The van der Waals surface area contributed by atoms with Gasteiger partial charge >= 0.3 is 20.1 Å². The van der Waals surface area contributed by atoms with Crippen molar-refractivity contribution in [2.24, 2.45) is 0 Å². The Morgan fingerprint density at radius 1 is 0.551 bits per heavy atom. The molecule has 0 aliphatic heterocycles. The molecule has 8 heteroatoms. The molecule has 0 N–H and O–H groups in total. The first-order valence-corrected chi connectivity index (χ1v) is 21.5. The maximum atomic E-state index is 16.4. The van der Waals surface area contributed by atoms with Crippen LogP contribution in [-0.2, 0) is 56.4 Å². The third kappa shape index (κ3) is 9.83. The summed E-state index contributed by atoms with van der Waals surface area (Å²) in [5.41, 5.74) is -5.31. The van der Waals surface area contributed by atoms with E-state index in [2.05, 4.69) is 33.2 Å². The van der Waals surface area contributed by atoms with Crippen LogP contribution in [0.2, 0.25) is 0 Å². The number of benzene rings is 6. The monoisotopic (exact) mass is 1100 g/mol. The quantitative estimate of drug-likeness (QED) is 0.108. The van der Waals surface area contributed by atoms with E-state index in [1.807, 2.05) is 0 Å². The molecule has 69 heavy (non-hydrogen) atoms. The predicted octanol–water partition coefficient (Wildman–Crippen LogP) is 15.1. The predicted molar refractivity (Wildman–Crippen MR) is 265 cm³/mol. The molecule has 4 aromatic heterocycles. The molecule has 10 aromatic rings. The molecule has 6 aromatic carbocycles. The molecule has 0 saturated carbocycles. The number of fused-ring (bicyclic) bond motifs is 3. The van der Waals surface area contributed by atoms with Crippen LogP contribution in [0.1, 0.15) is 80.3 Å². The Bertz CT molecular complexity index is 4020. The van der Waals surface area contributed by atoms with Gasteiger partial charge in [0.25, 0.3) is 0 Å². The maximum Gasteiger partial charge on any atom is 3.00 e. The molecule has 4 nitrogen and oxygen atoms in total. The molecule has 0 fully saturated rings. The summed E-state index contributed by atoms with van der Waals surface area (Å²) in [6.45, 7) is 5.64. The van der Waals surface area contributed by atoms with Gasteiger partial charge in [-0.05, 0) is 105 Å². The first kappa shape index (κ1) is 32.7. The summed E-state index contributed by atoms with van der Waals surface area (Å²) in [5.74, 6) is -2.85. The van der Waals surface area contributed by atoms with Gasteiger partial charge in [-0.1, -0.05) is 99.2 Å². The number of aryl methyl sites for hydroxylation is 2. The normalized spacial score (nSPS) is 15.6. The molecule has 0 unspecified atom stereocenters. The second-order valence-electron chi connectivity index (χ2n) is 17.1. The topological polar surface area (TPSA) is 51.8 Å². The zero-order valence-electron chi connectivity index (χ0n) is 51.3. The molecule has 0 bridgehead atoms. The number of pyridine rings is 3. The number of hydrogen-bond acceptors (Lipinski definition) is 4. The fourth-order valence-electron chi connectivity index (χ4n) is 8.15. The van der Waals surface area contributed by atoms with Gasteiger partial charge in [0.1, 0.15) is 23.0 Å². The maximum absolute atomic E-state index is 16.4. The minimum atomic E-state index is -3.16. The van der Waals surface area contributed by atoms with Crippen molar-refractivity contribution in [1.29, 1.82) is 0 Å². The van der Waals surface area contributed by atoms with Crippen LogP contribution in [0.4, 0.5) is 13.2 Å². The Kier molecular flexibility index (Phi) is 9.27. The van der Waals surface area contributed by atoms with Crippen molar-refractivity contribution in [3.63, 3.8) is 0 Å². The minimum absolute atomic E-state index is 0. The average Bonchev–Trinajstić information content (AvgIpc) is 2.29. The van der Waals surface area contributed by atoms with Gasteiger partial charge in [-0.3, -0.25) is 0 Å². The van der Waals surface area contributed by atoms with Crippen molar-refractivity contribution in [1.82, 2.24) is 15.0 Å². The van der Waals surface area contributed by atoms with E-state index in [0.717, 1.165) is 36.5 Å². The van der Waals surface area contributed by atoms with Crippen LogP contribution < -0.4 is 0 Å². The molecule has 342 valence electrons. The second-order valence-corrected chi connectivity index (χ2v) is 17.1. The first-order valence-electron chi connectivity index (χ1n) is 28.5. The average molecular weight is 1100 g/mol. The van der Waals surface area contributed by atoms with Gasteiger partial charge in [0, 0.05) is 46.1 Å². The summed E-state index contributed by atoms with van der Waals surface area (Å²) in [6.07, 6.45) is -8.19. The molecule has 0 aliphatic carbocycles. The zero-order chi connectivity index (χ0) is 59.4. The summed E-state index contributed by atoms with van der Waals surface area (Å²) in [5, 5.41) is 0.457. The molecule has 0 amide bonds. The van der Waals surface area contributed by atoms with Gasteiger partial charge in [0.05, 0.1) is 19.4 Å². The molecule has 4 heterocycles. The van der Waals surface area contributed by atoms with Gasteiger partial charge in [-0.25, -0.2) is 13.2 Å². The number of nitrogens with zero attached hydrogens (tertiary/aromatic N) is 3. The number of furan rings is 1. The van der Waals surface area contributed by atoms with E-state index in [9.17, 15) is 11.0 Å². The number of aromatic nitrogens is 3. The third-order valence-electron chi connectivity index (χ3n) is 11.5. The van der Waals surface area contributed by atoms with Crippen molar-refractivity contribution in [2.45, 2.75) is 64.0 Å². The Balaban J connectivity index is 0.00000828. The minimum Gasteiger partial charge on any atom is -0.500 e. The Labute approximate surface area is 434 Å². The van der Waals surface area contributed by atoms with Gasteiger partial charge < -0.3 is 19.4 Å². The number of rotatable bonds is 13. The fourth-order valence-corrected chi connectivity index (χ4v) is 8.15. The van der Waals surface area contributed by atoms with Crippen LogP contribution in [0.15, 0.2) is 168 Å². The SMILES string of the molecule is [2H]c1cc2c(oc3c(-c4ccc(C([2H])([2H])C([2H])([2H])c5cc(C([2H])([2H])C(C)(C)c6cnc(-c7[c-]cccc7)cc6F)cc(C([2H])([2H])C(C)(C)c6cnc(-c7[c-]cccc7)cc6F)c5)cn4)[c-]ccc32)c(-c2c([2H])c([2H])c([2H])c([2H])c2[2H])c1F.[Ir+3]. The number of halogens is 3. The van der Waals surface area contributed by atoms with E-state index in [4.69, 9.17) is 12.6 Å². The Morgan fingerprint density at radius 3 is 1.67 bits per heavy atom. The molecule has 0 saturated heterocycles. The molecular weight excluding hydrogens is 1040 g/mol. The van der Waals surface area contributed by atoms with Gasteiger partial charge in [-0.2, -0.15) is 0 Å². The fraction of sp³-hybridized carbons (Fsp3) is 0.164. The van der Waals surface area contributed by atoms with Crippen LogP contribution in [0.25, 0.3) is 66.8 Å². The van der Waals surface area contributed by atoms with Gasteiger partial charge in [0.2, 0.25) is 0 Å². The van der Waals surface area contributed by atoms with Crippen LogP contribution in [0, 0.1) is 35.7 Å². The number of hydrogen-bond donors (Lipinski definition) is 0. The summed E-state index contributed by atoms with van der Waals surface area (Å²) in [4.78, 5) is 13.4. The van der Waals surface area contributed by atoms with E-state index in [-0.39, 0.29) is 87.1 Å².